The van der Waals surface area contributed by atoms with Gasteiger partial charge in [0.05, 0.1) is 5.56 Å². The number of allylic oxidation sites excluding steroid dienone is 2. The Balaban J connectivity index is 2.02. The van der Waals surface area contributed by atoms with E-state index < -0.39 is 16.0 Å². The fourth-order valence-corrected chi connectivity index (χ4v) is 3.05. The zero-order chi connectivity index (χ0) is 14.6. The van der Waals surface area contributed by atoms with Crippen molar-refractivity contribution in [3.63, 3.8) is 0 Å². The van der Waals surface area contributed by atoms with Gasteiger partial charge < -0.3 is 5.11 Å². The molecule has 1 aliphatic rings. The van der Waals surface area contributed by atoms with Crippen LogP contribution in [0.25, 0.3) is 0 Å². The van der Waals surface area contributed by atoms with Crippen molar-refractivity contribution in [3.8, 4) is 0 Å². The fraction of sp³-hybridized carbons (Fsp3) is 0.385. The SMILES string of the molecule is O=C(O)c1ccc(S(=O)(=O)NCC2CC=CCC2)nc1. The minimum Gasteiger partial charge on any atom is -0.478 e. The molecule has 0 radical (unpaired) electrons. The van der Waals surface area contributed by atoms with Crippen molar-refractivity contribution in [1.29, 1.82) is 0 Å². The fourth-order valence-electron chi connectivity index (χ4n) is 2.01. The average Bonchev–Trinajstić information content (AvgIpc) is 2.46. The summed E-state index contributed by atoms with van der Waals surface area (Å²) >= 11 is 0. The zero-order valence-corrected chi connectivity index (χ0v) is 11.6. The standard InChI is InChI=1S/C13H16N2O4S/c16-13(17)11-6-7-12(14-9-11)20(18,19)15-8-10-4-2-1-3-5-10/h1-2,6-7,9-10,15H,3-5,8H2,(H,16,17). The van der Waals surface area contributed by atoms with Crippen LogP contribution in [0.1, 0.15) is 29.6 Å². The molecule has 7 heteroatoms. The number of carbonyl (C=O) groups is 1. The maximum absolute atomic E-state index is 12.0. The van der Waals surface area contributed by atoms with Crippen molar-refractivity contribution in [3.05, 3.63) is 36.0 Å². The van der Waals surface area contributed by atoms with E-state index in [1.54, 1.807) is 0 Å². The van der Waals surface area contributed by atoms with Gasteiger partial charge in [-0.15, -0.1) is 0 Å². The summed E-state index contributed by atoms with van der Waals surface area (Å²) in [5, 5.41) is 8.58. The molecule has 108 valence electrons. The van der Waals surface area contributed by atoms with Gasteiger partial charge >= 0.3 is 5.97 Å². The Labute approximate surface area is 117 Å². The maximum atomic E-state index is 12.0. The van der Waals surface area contributed by atoms with E-state index in [0.29, 0.717) is 12.5 Å². The molecule has 0 amide bonds. The second kappa shape index (κ2) is 6.15. The third-order valence-corrected chi connectivity index (χ3v) is 4.54. The van der Waals surface area contributed by atoms with E-state index in [4.69, 9.17) is 5.11 Å². The Morgan fingerprint density at radius 3 is 2.75 bits per heavy atom. The highest BCUT2D eigenvalue weighted by Crippen LogP contribution is 2.17. The predicted molar refractivity (Wildman–Crippen MR) is 72.9 cm³/mol. The summed E-state index contributed by atoms with van der Waals surface area (Å²) in [6.07, 6.45) is 8.00. The number of hydrogen-bond donors (Lipinski definition) is 2. The van der Waals surface area contributed by atoms with Crippen LogP contribution in [0, 0.1) is 5.92 Å². The largest absolute Gasteiger partial charge is 0.478 e. The highest BCUT2D eigenvalue weighted by molar-refractivity contribution is 7.89. The molecule has 2 rings (SSSR count). The minimum atomic E-state index is -3.68. The first kappa shape index (κ1) is 14.7. The first-order valence-corrected chi connectivity index (χ1v) is 7.81. The number of hydrogen-bond acceptors (Lipinski definition) is 4. The average molecular weight is 296 g/mol. The van der Waals surface area contributed by atoms with Crippen molar-refractivity contribution in [2.24, 2.45) is 5.92 Å². The highest BCUT2D eigenvalue weighted by Gasteiger charge is 2.19. The molecule has 0 aliphatic heterocycles. The zero-order valence-electron chi connectivity index (χ0n) is 10.8. The predicted octanol–water partition coefficient (Wildman–Crippen LogP) is 1.41. The number of carboxylic acid groups (broad SMARTS) is 1. The summed E-state index contributed by atoms with van der Waals surface area (Å²) in [6.45, 7) is 0.370. The highest BCUT2D eigenvalue weighted by atomic mass is 32.2. The van der Waals surface area contributed by atoms with Gasteiger partial charge in [0.2, 0.25) is 0 Å². The van der Waals surface area contributed by atoms with Crippen LogP contribution in [-0.2, 0) is 10.0 Å². The van der Waals surface area contributed by atoms with Crippen LogP contribution in [0.2, 0.25) is 0 Å². The number of sulfonamides is 1. The molecular weight excluding hydrogens is 280 g/mol. The number of aromatic carboxylic acids is 1. The van der Waals surface area contributed by atoms with E-state index in [1.165, 1.54) is 12.1 Å². The van der Waals surface area contributed by atoms with Gasteiger partial charge in [0, 0.05) is 12.7 Å². The van der Waals surface area contributed by atoms with Crippen LogP contribution in [0.15, 0.2) is 35.5 Å². The van der Waals surface area contributed by atoms with Gasteiger partial charge in [-0.3, -0.25) is 0 Å². The van der Waals surface area contributed by atoms with E-state index in [1.807, 2.05) is 0 Å². The van der Waals surface area contributed by atoms with Crippen LogP contribution < -0.4 is 4.72 Å². The first-order chi connectivity index (χ1) is 9.49. The molecule has 2 N–H and O–H groups in total. The molecule has 6 nitrogen and oxygen atoms in total. The summed E-state index contributed by atoms with van der Waals surface area (Å²) < 4.78 is 26.6. The van der Waals surface area contributed by atoms with Crippen molar-refractivity contribution < 1.29 is 18.3 Å². The monoisotopic (exact) mass is 296 g/mol. The molecule has 0 saturated carbocycles. The van der Waals surface area contributed by atoms with Crippen molar-refractivity contribution in [2.45, 2.75) is 24.3 Å². The van der Waals surface area contributed by atoms with Crippen molar-refractivity contribution in [2.75, 3.05) is 6.54 Å². The van der Waals surface area contributed by atoms with Crippen molar-refractivity contribution in [1.82, 2.24) is 9.71 Å². The normalized spacial score (nSPS) is 18.9. The number of pyridine rings is 1. The minimum absolute atomic E-state index is 0.0404. The summed E-state index contributed by atoms with van der Waals surface area (Å²) in [7, 11) is -3.68. The van der Waals surface area contributed by atoms with Crippen LogP contribution in [-0.4, -0.2) is 31.0 Å². The molecule has 1 atom stereocenters. The van der Waals surface area contributed by atoms with E-state index in [2.05, 4.69) is 21.9 Å². The Bertz CT molecular complexity index is 608. The van der Waals surface area contributed by atoms with Crippen LogP contribution in [0.4, 0.5) is 0 Å². The number of nitrogens with one attached hydrogen (secondary N) is 1. The molecule has 0 spiro atoms. The van der Waals surface area contributed by atoms with Gasteiger partial charge in [0.15, 0.2) is 5.03 Å². The van der Waals surface area contributed by atoms with Gasteiger partial charge in [-0.05, 0) is 37.3 Å². The van der Waals surface area contributed by atoms with Gasteiger partial charge in [-0.1, -0.05) is 12.2 Å². The number of nitrogens with zero attached hydrogens (tertiary/aromatic N) is 1. The lowest BCUT2D eigenvalue weighted by Gasteiger charge is -2.17. The Morgan fingerprint density at radius 1 is 1.40 bits per heavy atom. The summed E-state index contributed by atoms with van der Waals surface area (Å²) in [4.78, 5) is 14.4. The molecular formula is C13H16N2O4S. The second-order valence-corrected chi connectivity index (χ2v) is 6.41. The van der Waals surface area contributed by atoms with Gasteiger partial charge in [0.25, 0.3) is 10.0 Å². The quantitative estimate of drug-likeness (QED) is 0.801. The van der Waals surface area contributed by atoms with E-state index >= 15 is 0 Å². The summed E-state index contributed by atoms with van der Waals surface area (Å²) in [6, 6.07) is 2.43. The number of aromatic nitrogens is 1. The number of rotatable bonds is 5. The van der Waals surface area contributed by atoms with Crippen molar-refractivity contribution >= 4 is 16.0 Å². The Kier molecular flexibility index (Phi) is 4.51. The number of carboxylic acids is 1. The van der Waals surface area contributed by atoms with Crippen LogP contribution in [0.5, 0.6) is 0 Å². The lowest BCUT2D eigenvalue weighted by atomic mass is 9.95. The van der Waals surface area contributed by atoms with Gasteiger partial charge in [-0.25, -0.2) is 22.9 Å². The van der Waals surface area contributed by atoms with Crippen LogP contribution >= 0.6 is 0 Å². The Hall–Kier alpha value is -1.73. The lowest BCUT2D eigenvalue weighted by molar-refractivity contribution is 0.0696. The molecule has 1 aromatic rings. The topological polar surface area (TPSA) is 96.4 Å². The lowest BCUT2D eigenvalue weighted by Crippen LogP contribution is -2.30. The molecule has 0 bridgehead atoms. The van der Waals surface area contributed by atoms with E-state index in [9.17, 15) is 13.2 Å². The summed E-state index contributed by atoms with van der Waals surface area (Å²) in [5.74, 6) is -0.837. The van der Waals surface area contributed by atoms with E-state index in [-0.39, 0.29) is 10.6 Å². The van der Waals surface area contributed by atoms with Gasteiger partial charge in [-0.2, -0.15) is 0 Å². The molecule has 1 aromatic heterocycles. The molecule has 20 heavy (non-hydrogen) atoms. The molecule has 0 fully saturated rings. The third-order valence-electron chi connectivity index (χ3n) is 3.20. The molecule has 1 unspecified atom stereocenters. The smallest absolute Gasteiger partial charge is 0.337 e. The summed E-state index contributed by atoms with van der Waals surface area (Å²) in [5.41, 5.74) is -0.0404. The van der Waals surface area contributed by atoms with E-state index in [0.717, 1.165) is 25.5 Å². The Morgan fingerprint density at radius 2 is 2.20 bits per heavy atom. The molecule has 0 saturated heterocycles. The molecule has 1 heterocycles. The second-order valence-electron chi connectivity index (χ2n) is 4.69. The third kappa shape index (κ3) is 3.64. The first-order valence-electron chi connectivity index (χ1n) is 6.33. The molecule has 1 aliphatic carbocycles. The molecule has 0 aromatic carbocycles. The van der Waals surface area contributed by atoms with Crippen LogP contribution in [0.3, 0.4) is 0 Å². The van der Waals surface area contributed by atoms with Gasteiger partial charge in [0.1, 0.15) is 0 Å². The maximum Gasteiger partial charge on any atom is 0.337 e.